The molecule has 0 aromatic carbocycles. The molecule has 162 valence electrons. The van der Waals surface area contributed by atoms with Gasteiger partial charge in [0.25, 0.3) is 0 Å². The zero-order valence-corrected chi connectivity index (χ0v) is 19.1. The van der Waals surface area contributed by atoms with Crippen molar-refractivity contribution in [3.05, 3.63) is 17.0 Å². The number of rotatable bonds is 4. The first kappa shape index (κ1) is 22.6. The topological polar surface area (TPSA) is 99.6 Å². The van der Waals surface area contributed by atoms with E-state index in [-0.39, 0.29) is 33.2 Å². The van der Waals surface area contributed by atoms with Crippen molar-refractivity contribution in [2.24, 2.45) is 5.41 Å². The second kappa shape index (κ2) is 8.55. The zero-order valence-electron chi connectivity index (χ0n) is 17.5. The van der Waals surface area contributed by atoms with E-state index in [0.29, 0.717) is 12.4 Å². The van der Waals surface area contributed by atoms with Crippen LogP contribution in [-0.4, -0.2) is 64.2 Å². The molecule has 0 amide bonds. The number of anilines is 1. The maximum Gasteiger partial charge on any atom is 0.359 e. The lowest BCUT2D eigenvalue weighted by atomic mass is 9.73. The van der Waals surface area contributed by atoms with Crippen molar-refractivity contribution in [3.8, 4) is 0 Å². The molecule has 2 fully saturated rings. The minimum absolute atomic E-state index is 0.00132. The molecule has 3 rings (SSSR count). The third-order valence-corrected chi connectivity index (χ3v) is 7.58. The molecule has 1 N–H and O–H groups in total. The van der Waals surface area contributed by atoms with Gasteiger partial charge >= 0.3 is 5.97 Å². The lowest BCUT2D eigenvalue weighted by Crippen LogP contribution is -2.56. The van der Waals surface area contributed by atoms with Gasteiger partial charge in [-0.1, -0.05) is 11.6 Å². The molecule has 0 saturated carbocycles. The Kier molecular flexibility index (Phi) is 6.65. The highest BCUT2D eigenvalue weighted by molar-refractivity contribution is 7.90. The second-order valence-electron chi connectivity index (χ2n) is 8.70. The molecule has 29 heavy (non-hydrogen) atoms. The SMILES string of the molecule is COC(=O)c1ncc(N2CCC3(CC2)CO[C@@H](C)[C@H]3N[S@@+]([O-])C(C)(C)C)nc1Cl. The summed E-state index contributed by atoms with van der Waals surface area (Å²) in [6, 6.07) is 0.0288. The summed E-state index contributed by atoms with van der Waals surface area (Å²) >= 11 is 4.96. The normalized spacial score (nSPS) is 25.3. The Balaban J connectivity index is 1.70. The molecule has 0 bridgehead atoms. The van der Waals surface area contributed by atoms with Crippen molar-refractivity contribution >= 4 is 34.8 Å². The molecule has 1 aromatic heterocycles. The maximum absolute atomic E-state index is 12.7. The number of halogens is 1. The van der Waals surface area contributed by atoms with Crippen LogP contribution in [0.3, 0.4) is 0 Å². The lowest BCUT2D eigenvalue weighted by molar-refractivity contribution is 0.0593. The van der Waals surface area contributed by atoms with E-state index in [4.69, 9.17) is 16.3 Å². The average Bonchev–Trinajstić information content (AvgIpc) is 2.97. The van der Waals surface area contributed by atoms with Crippen LogP contribution in [0.1, 0.15) is 51.0 Å². The predicted molar refractivity (Wildman–Crippen MR) is 112 cm³/mol. The third kappa shape index (κ3) is 4.64. The fourth-order valence-corrected chi connectivity index (χ4v) is 5.11. The number of esters is 1. The molecule has 2 aliphatic rings. The van der Waals surface area contributed by atoms with E-state index in [2.05, 4.69) is 24.3 Å². The zero-order chi connectivity index (χ0) is 21.4. The van der Waals surface area contributed by atoms with Gasteiger partial charge < -0.3 is 18.9 Å². The van der Waals surface area contributed by atoms with Crippen LogP contribution in [0, 0.1) is 5.41 Å². The Bertz CT molecular complexity index is 752. The fourth-order valence-electron chi connectivity index (χ4n) is 3.87. The molecule has 1 aromatic rings. The summed E-state index contributed by atoms with van der Waals surface area (Å²) in [4.78, 5) is 22.2. The standard InChI is InChI=1S/C19H29ClN4O4S/c1-12-15(23-29(26)18(2,3)4)19(11-28-12)6-8-24(9-7-19)13-10-21-14(16(20)22-13)17(25)27-5/h10,12,15,23H,6-9,11H2,1-5H3/t12-,15+,29-/m0/s1. The molecule has 0 aliphatic carbocycles. The molecule has 3 atom stereocenters. The molecule has 8 nitrogen and oxygen atoms in total. The predicted octanol–water partition coefficient (Wildman–Crippen LogP) is 2.34. The number of hydrogen-bond donors (Lipinski definition) is 1. The monoisotopic (exact) mass is 444 g/mol. The molecule has 0 unspecified atom stereocenters. The van der Waals surface area contributed by atoms with Crippen LogP contribution in [0.2, 0.25) is 5.15 Å². The molecule has 2 aliphatic heterocycles. The number of carbonyl (C=O) groups is 1. The van der Waals surface area contributed by atoms with Crippen molar-refractivity contribution in [3.63, 3.8) is 0 Å². The van der Waals surface area contributed by atoms with Crippen LogP contribution in [0.15, 0.2) is 6.20 Å². The number of methoxy groups -OCH3 is 1. The van der Waals surface area contributed by atoms with Crippen molar-refractivity contribution in [1.29, 1.82) is 0 Å². The maximum atomic E-state index is 12.7. The van der Waals surface area contributed by atoms with Crippen LogP contribution >= 0.6 is 11.6 Å². The summed E-state index contributed by atoms with van der Waals surface area (Å²) in [5.41, 5.74) is -0.0571. The largest absolute Gasteiger partial charge is 0.598 e. The molecule has 10 heteroatoms. The molecular formula is C19H29ClN4O4S. The van der Waals surface area contributed by atoms with Gasteiger partial charge in [-0.25, -0.2) is 14.8 Å². The minimum Gasteiger partial charge on any atom is -0.598 e. The Labute approximate surface area is 180 Å². The van der Waals surface area contributed by atoms with Crippen molar-refractivity contribution < 1.29 is 18.8 Å². The van der Waals surface area contributed by atoms with Gasteiger partial charge in [-0.05, 0) is 40.5 Å². The summed E-state index contributed by atoms with van der Waals surface area (Å²) in [7, 11) is 1.28. The van der Waals surface area contributed by atoms with Gasteiger partial charge in [-0.15, -0.1) is 4.72 Å². The van der Waals surface area contributed by atoms with Crippen molar-refractivity contribution in [2.75, 3.05) is 31.7 Å². The summed E-state index contributed by atoms with van der Waals surface area (Å²) < 4.78 is 26.3. The third-order valence-electron chi connectivity index (χ3n) is 5.73. The van der Waals surface area contributed by atoms with Gasteiger partial charge in [-0.2, -0.15) is 0 Å². The summed E-state index contributed by atoms with van der Waals surface area (Å²) in [6.07, 6.45) is 3.29. The number of piperidine rings is 1. The van der Waals surface area contributed by atoms with Gasteiger partial charge in [0.15, 0.2) is 10.8 Å². The molecule has 0 radical (unpaired) electrons. The second-order valence-corrected chi connectivity index (χ2v) is 11.1. The van der Waals surface area contributed by atoms with Crippen LogP contribution in [0.25, 0.3) is 0 Å². The van der Waals surface area contributed by atoms with Gasteiger partial charge in [0, 0.05) is 29.9 Å². The van der Waals surface area contributed by atoms with E-state index in [1.54, 1.807) is 6.20 Å². The molecular weight excluding hydrogens is 416 g/mol. The van der Waals surface area contributed by atoms with E-state index in [9.17, 15) is 9.35 Å². The lowest BCUT2D eigenvalue weighted by Gasteiger charge is -2.43. The number of ether oxygens (including phenoxy) is 2. The smallest absolute Gasteiger partial charge is 0.359 e. The summed E-state index contributed by atoms with van der Waals surface area (Å²) in [5, 5.41) is 0.0348. The highest BCUT2D eigenvalue weighted by Crippen LogP contribution is 2.43. The summed E-state index contributed by atoms with van der Waals surface area (Å²) in [5.74, 6) is 0.0248. The average molecular weight is 445 g/mol. The van der Waals surface area contributed by atoms with Crippen LogP contribution in [-0.2, 0) is 20.8 Å². The first-order valence-corrected chi connectivity index (χ1v) is 11.3. The number of hydrogen-bond acceptors (Lipinski definition) is 8. The van der Waals surface area contributed by atoms with Gasteiger partial charge in [0.2, 0.25) is 0 Å². The quantitative estimate of drug-likeness (QED) is 0.558. The van der Waals surface area contributed by atoms with E-state index < -0.39 is 17.3 Å². The first-order chi connectivity index (χ1) is 13.6. The Hall–Kier alpha value is -1.13. The van der Waals surface area contributed by atoms with Gasteiger partial charge in [0.05, 0.1) is 32.1 Å². The number of nitrogens with zero attached hydrogens (tertiary/aromatic N) is 3. The van der Waals surface area contributed by atoms with E-state index in [1.807, 2.05) is 27.7 Å². The Morgan fingerprint density at radius 1 is 1.45 bits per heavy atom. The Morgan fingerprint density at radius 2 is 2.10 bits per heavy atom. The van der Waals surface area contributed by atoms with Gasteiger partial charge in [-0.3, -0.25) is 0 Å². The van der Waals surface area contributed by atoms with Crippen LogP contribution < -0.4 is 9.62 Å². The highest BCUT2D eigenvalue weighted by atomic mass is 35.5. The van der Waals surface area contributed by atoms with E-state index in [0.717, 1.165) is 25.9 Å². The van der Waals surface area contributed by atoms with Crippen molar-refractivity contribution in [1.82, 2.24) is 14.7 Å². The summed E-state index contributed by atoms with van der Waals surface area (Å²) in [6.45, 7) is 10.1. The number of carbonyl (C=O) groups excluding carboxylic acids is 1. The first-order valence-electron chi connectivity index (χ1n) is 9.73. The van der Waals surface area contributed by atoms with E-state index >= 15 is 0 Å². The fraction of sp³-hybridized carbons (Fsp3) is 0.737. The van der Waals surface area contributed by atoms with Crippen LogP contribution in [0.4, 0.5) is 5.82 Å². The number of nitrogens with one attached hydrogen (secondary N) is 1. The van der Waals surface area contributed by atoms with Crippen molar-refractivity contribution in [2.45, 2.75) is 57.4 Å². The minimum atomic E-state index is -1.16. The Morgan fingerprint density at radius 3 is 2.66 bits per heavy atom. The highest BCUT2D eigenvalue weighted by Gasteiger charge is 2.52. The number of aromatic nitrogens is 2. The molecule has 2 saturated heterocycles. The van der Waals surface area contributed by atoms with Gasteiger partial charge in [0.1, 0.15) is 10.6 Å². The van der Waals surface area contributed by atoms with E-state index in [1.165, 1.54) is 7.11 Å². The molecule has 1 spiro atoms. The molecule has 3 heterocycles. The van der Waals surface area contributed by atoms with Crippen LogP contribution in [0.5, 0.6) is 0 Å².